The van der Waals surface area contributed by atoms with Crippen molar-refractivity contribution < 1.29 is 14.2 Å². The Morgan fingerprint density at radius 1 is 0.792 bits per heavy atom. The van der Waals surface area contributed by atoms with Crippen molar-refractivity contribution in [3.05, 3.63) is 52.1 Å². The quantitative estimate of drug-likeness (QED) is 0.932. The van der Waals surface area contributed by atoms with Gasteiger partial charge in [0.2, 0.25) is 0 Å². The first-order valence-corrected chi connectivity index (χ1v) is 8.22. The summed E-state index contributed by atoms with van der Waals surface area (Å²) in [6.07, 6.45) is 0.972. The Hall–Kier alpha value is -2.20. The van der Waals surface area contributed by atoms with Crippen LogP contribution in [-0.4, -0.2) is 27.9 Å². The third-order valence-electron chi connectivity index (χ3n) is 4.86. The fourth-order valence-electron chi connectivity index (χ4n) is 3.38. The topological polar surface area (TPSA) is 39.7 Å². The van der Waals surface area contributed by atoms with E-state index < -0.39 is 0 Å². The lowest BCUT2D eigenvalue weighted by Crippen LogP contribution is -2.31. The molecule has 1 N–H and O–H groups in total. The van der Waals surface area contributed by atoms with Gasteiger partial charge in [-0.1, -0.05) is 6.07 Å². The van der Waals surface area contributed by atoms with E-state index in [-0.39, 0.29) is 6.04 Å². The Morgan fingerprint density at radius 3 is 2.08 bits per heavy atom. The first-order chi connectivity index (χ1) is 11.6. The third-order valence-corrected chi connectivity index (χ3v) is 4.86. The lowest BCUT2D eigenvalue weighted by molar-refractivity contribution is 0.352. The van der Waals surface area contributed by atoms with E-state index in [4.69, 9.17) is 14.2 Å². The fraction of sp³-hybridized carbons (Fsp3) is 0.400. The molecule has 24 heavy (non-hydrogen) atoms. The van der Waals surface area contributed by atoms with E-state index in [0.717, 1.165) is 35.8 Å². The van der Waals surface area contributed by atoms with Crippen molar-refractivity contribution in [3.8, 4) is 17.2 Å². The van der Waals surface area contributed by atoms with Gasteiger partial charge in [-0.2, -0.15) is 0 Å². The van der Waals surface area contributed by atoms with E-state index in [2.05, 4.69) is 43.4 Å². The molecule has 4 nitrogen and oxygen atoms in total. The van der Waals surface area contributed by atoms with Gasteiger partial charge in [-0.15, -0.1) is 0 Å². The van der Waals surface area contributed by atoms with Gasteiger partial charge in [0.1, 0.15) is 5.75 Å². The van der Waals surface area contributed by atoms with E-state index in [1.165, 1.54) is 22.3 Å². The molecule has 0 aliphatic carbocycles. The molecule has 0 aromatic heterocycles. The Labute approximate surface area is 143 Å². The number of ether oxygens (including phenoxy) is 3. The van der Waals surface area contributed by atoms with Gasteiger partial charge in [0, 0.05) is 12.1 Å². The van der Waals surface area contributed by atoms with Crippen LogP contribution in [0.3, 0.4) is 0 Å². The average molecular weight is 327 g/mol. The van der Waals surface area contributed by atoms with Crippen LogP contribution in [0.15, 0.2) is 24.3 Å². The van der Waals surface area contributed by atoms with Gasteiger partial charge < -0.3 is 19.5 Å². The number of fused-ring (bicyclic) bond motifs is 1. The van der Waals surface area contributed by atoms with Crippen LogP contribution in [0.1, 0.15) is 33.9 Å². The molecule has 1 unspecified atom stereocenters. The van der Waals surface area contributed by atoms with E-state index in [0.29, 0.717) is 0 Å². The number of benzene rings is 2. The molecule has 4 heteroatoms. The van der Waals surface area contributed by atoms with E-state index in [1.807, 2.05) is 0 Å². The molecule has 0 saturated carbocycles. The molecular weight excluding hydrogens is 302 g/mol. The molecule has 0 bridgehead atoms. The first-order valence-electron chi connectivity index (χ1n) is 8.22. The Bertz CT molecular complexity index is 755. The van der Waals surface area contributed by atoms with Gasteiger partial charge in [0.15, 0.2) is 11.5 Å². The van der Waals surface area contributed by atoms with Crippen LogP contribution >= 0.6 is 0 Å². The van der Waals surface area contributed by atoms with E-state index in [9.17, 15) is 0 Å². The molecule has 0 fully saturated rings. The van der Waals surface area contributed by atoms with Crippen molar-refractivity contribution in [2.24, 2.45) is 0 Å². The Kier molecular flexibility index (Phi) is 4.67. The monoisotopic (exact) mass is 327 g/mol. The van der Waals surface area contributed by atoms with Gasteiger partial charge in [-0.3, -0.25) is 0 Å². The molecule has 0 saturated heterocycles. The predicted octanol–water partition coefficient (Wildman–Crippen LogP) is 3.56. The predicted molar refractivity (Wildman–Crippen MR) is 95.6 cm³/mol. The largest absolute Gasteiger partial charge is 0.496 e. The van der Waals surface area contributed by atoms with Crippen molar-refractivity contribution >= 4 is 0 Å². The maximum atomic E-state index is 5.65. The number of methoxy groups -OCH3 is 3. The second kappa shape index (κ2) is 6.73. The van der Waals surface area contributed by atoms with Gasteiger partial charge in [0.25, 0.3) is 0 Å². The molecular formula is C20H25NO3. The number of nitrogens with one attached hydrogen (secondary N) is 1. The highest BCUT2D eigenvalue weighted by molar-refractivity contribution is 5.54. The molecule has 1 atom stereocenters. The van der Waals surface area contributed by atoms with Crippen molar-refractivity contribution in [1.29, 1.82) is 0 Å². The van der Waals surface area contributed by atoms with Crippen molar-refractivity contribution in [3.63, 3.8) is 0 Å². The molecule has 3 rings (SSSR count). The molecule has 0 radical (unpaired) electrons. The number of hydrogen-bond acceptors (Lipinski definition) is 4. The first kappa shape index (κ1) is 16.7. The summed E-state index contributed by atoms with van der Waals surface area (Å²) in [5.41, 5.74) is 6.17. The highest BCUT2D eigenvalue weighted by Crippen LogP contribution is 2.40. The molecule has 2 aromatic rings. The fourth-order valence-corrected chi connectivity index (χ4v) is 3.38. The van der Waals surface area contributed by atoms with Gasteiger partial charge in [-0.05, 0) is 60.7 Å². The summed E-state index contributed by atoms with van der Waals surface area (Å²) >= 11 is 0. The summed E-state index contributed by atoms with van der Waals surface area (Å²) in [7, 11) is 5.08. The zero-order valence-electron chi connectivity index (χ0n) is 15.0. The van der Waals surface area contributed by atoms with E-state index in [1.54, 1.807) is 21.3 Å². The second-order valence-corrected chi connectivity index (χ2v) is 6.22. The minimum Gasteiger partial charge on any atom is -0.496 e. The minimum atomic E-state index is 0.0859. The van der Waals surface area contributed by atoms with Gasteiger partial charge in [-0.25, -0.2) is 0 Å². The van der Waals surface area contributed by atoms with Crippen molar-refractivity contribution in [1.82, 2.24) is 5.32 Å². The maximum absolute atomic E-state index is 5.65. The highest BCUT2D eigenvalue weighted by Gasteiger charge is 2.26. The standard InChI is InChI=1S/C20H25NO3/c1-12-8-16(17(22-3)9-13(12)2)20-15-11-19(24-5)18(23-4)10-14(15)6-7-21-20/h8-11,20-21H,6-7H2,1-5H3. The van der Waals surface area contributed by atoms with Crippen LogP contribution in [0.2, 0.25) is 0 Å². The number of hydrogen-bond donors (Lipinski definition) is 1. The molecule has 1 heterocycles. The van der Waals surface area contributed by atoms with Crippen LogP contribution in [-0.2, 0) is 6.42 Å². The minimum absolute atomic E-state index is 0.0859. The molecule has 0 amide bonds. The smallest absolute Gasteiger partial charge is 0.161 e. The van der Waals surface area contributed by atoms with Crippen molar-refractivity contribution in [2.45, 2.75) is 26.3 Å². The van der Waals surface area contributed by atoms with Gasteiger partial charge in [0.05, 0.1) is 27.4 Å². The summed E-state index contributed by atoms with van der Waals surface area (Å²) < 4.78 is 16.6. The second-order valence-electron chi connectivity index (χ2n) is 6.22. The molecule has 1 aliphatic heterocycles. The summed E-state index contributed by atoms with van der Waals surface area (Å²) in [6.45, 7) is 5.16. The van der Waals surface area contributed by atoms with Gasteiger partial charge >= 0.3 is 0 Å². The molecule has 0 spiro atoms. The molecule has 2 aromatic carbocycles. The van der Waals surface area contributed by atoms with Crippen LogP contribution in [0, 0.1) is 13.8 Å². The molecule has 1 aliphatic rings. The number of aryl methyl sites for hydroxylation is 2. The molecule has 128 valence electrons. The van der Waals surface area contributed by atoms with E-state index >= 15 is 0 Å². The zero-order valence-corrected chi connectivity index (χ0v) is 15.0. The summed E-state index contributed by atoms with van der Waals surface area (Å²) in [5.74, 6) is 2.45. The Balaban J connectivity index is 2.15. The normalized spacial score (nSPS) is 16.5. The van der Waals surface area contributed by atoms with Crippen LogP contribution in [0.5, 0.6) is 17.2 Å². The highest BCUT2D eigenvalue weighted by atomic mass is 16.5. The zero-order chi connectivity index (χ0) is 17.3. The number of rotatable bonds is 4. The lowest BCUT2D eigenvalue weighted by atomic mass is 9.87. The lowest BCUT2D eigenvalue weighted by Gasteiger charge is -2.30. The third kappa shape index (κ3) is 2.82. The van der Waals surface area contributed by atoms with Crippen LogP contribution in [0.25, 0.3) is 0 Å². The maximum Gasteiger partial charge on any atom is 0.161 e. The Morgan fingerprint density at radius 2 is 1.42 bits per heavy atom. The van der Waals surface area contributed by atoms with Crippen LogP contribution in [0.4, 0.5) is 0 Å². The SMILES string of the molecule is COc1cc2c(cc1OC)C(c1cc(C)c(C)cc1OC)NCC2. The summed E-state index contributed by atoms with van der Waals surface area (Å²) in [4.78, 5) is 0. The summed E-state index contributed by atoms with van der Waals surface area (Å²) in [5, 5.41) is 3.63. The summed E-state index contributed by atoms with van der Waals surface area (Å²) in [6, 6.07) is 8.59. The van der Waals surface area contributed by atoms with Crippen molar-refractivity contribution in [2.75, 3.05) is 27.9 Å². The van der Waals surface area contributed by atoms with Crippen LogP contribution < -0.4 is 19.5 Å². The average Bonchev–Trinajstić information content (AvgIpc) is 2.61.